The number of imidazole rings is 1. The smallest absolute Gasteiger partial charge is 0.298 e. The van der Waals surface area contributed by atoms with Gasteiger partial charge in [-0.3, -0.25) is 9.36 Å². The van der Waals surface area contributed by atoms with Gasteiger partial charge in [0, 0.05) is 18.5 Å². The zero-order chi connectivity index (χ0) is 14.2. The van der Waals surface area contributed by atoms with Crippen LogP contribution < -0.4 is 10.9 Å². The summed E-state index contributed by atoms with van der Waals surface area (Å²) in [4.78, 5) is 27.3. The molecule has 0 atom stereocenters. The molecular formula is C14H12N6O. The van der Waals surface area contributed by atoms with Crippen LogP contribution in [0.4, 0.5) is 5.82 Å². The second-order valence-electron chi connectivity index (χ2n) is 4.74. The number of hydrogen-bond acceptors (Lipinski definition) is 4. The highest BCUT2D eigenvalue weighted by Gasteiger charge is 2.15. The van der Waals surface area contributed by atoms with Crippen molar-refractivity contribution >= 4 is 22.6 Å². The van der Waals surface area contributed by atoms with Crippen LogP contribution >= 0.6 is 0 Å². The third-order valence-corrected chi connectivity index (χ3v) is 3.45. The first-order valence-corrected chi connectivity index (χ1v) is 6.64. The predicted molar refractivity (Wildman–Crippen MR) is 76.7 cm³/mol. The Bertz CT molecular complexity index is 893. The fourth-order valence-electron chi connectivity index (χ4n) is 2.48. The minimum atomic E-state index is -0.378. The highest BCUT2D eigenvalue weighted by Crippen LogP contribution is 2.22. The number of para-hydroxylation sites is 1. The number of aromatic amines is 1. The minimum absolute atomic E-state index is 0.352. The molecule has 2 aromatic heterocycles. The van der Waals surface area contributed by atoms with Gasteiger partial charge in [-0.1, -0.05) is 12.1 Å². The standard InChI is InChI=1S/C14H12N6O/c21-13(11-7-15-8-17-11)19-14-18-10-4-2-1-3-9(10)12-16-5-6-20(12)14/h1-4,7-8,16H,5-6H2,(H,15,17). The summed E-state index contributed by atoms with van der Waals surface area (Å²) in [5.41, 5.74) is 1.58. The zero-order valence-electron chi connectivity index (χ0n) is 11.1. The Labute approximate surface area is 119 Å². The normalized spacial score (nSPS) is 14.2. The van der Waals surface area contributed by atoms with Crippen molar-refractivity contribution in [2.75, 3.05) is 11.9 Å². The molecule has 1 amide bonds. The van der Waals surface area contributed by atoms with E-state index < -0.39 is 0 Å². The van der Waals surface area contributed by atoms with Crippen molar-refractivity contribution in [3.8, 4) is 0 Å². The van der Waals surface area contributed by atoms with Crippen LogP contribution in [0.5, 0.6) is 0 Å². The number of anilines is 1. The van der Waals surface area contributed by atoms with Gasteiger partial charge in [-0.25, -0.2) is 9.97 Å². The van der Waals surface area contributed by atoms with Gasteiger partial charge >= 0.3 is 0 Å². The van der Waals surface area contributed by atoms with Crippen molar-refractivity contribution in [1.82, 2.24) is 19.5 Å². The molecule has 0 fully saturated rings. The van der Waals surface area contributed by atoms with Gasteiger partial charge in [0.2, 0.25) is 5.62 Å². The average Bonchev–Trinajstić information content (AvgIpc) is 3.19. The van der Waals surface area contributed by atoms with Gasteiger partial charge in [-0.2, -0.15) is 4.99 Å². The number of fused-ring (bicyclic) bond motifs is 3. The third-order valence-electron chi connectivity index (χ3n) is 3.45. The molecule has 0 saturated carbocycles. The van der Waals surface area contributed by atoms with Gasteiger partial charge < -0.3 is 10.3 Å². The second-order valence-corrected chi connectivity index (χ2v) is 4.74. The topological polar surface area (TPSA) is 88.0 Å². The van der Waals surface area contributed by atoms with Gasteiger partial charge in [-0.05, 0) is 12.1 Å². The third kappa shape index (κ3) is 1.90. The molecule has 21 heavy (non-hydrogen) atoms. The monoisotopic (exact) mass is 280 g/mol. The summed E-state index contributed by atoms with van der Waals surface area (Å²) in [6.45, 7) is 1.54. The average molecular weight is 280 g/mol. The van der Waals surface area contributed by atoms with Crippen molar-refractivity contribution in [2.24, 2.45) is 4.99 Å². The Morgan fingerprint density at radius 2 is 2.24 bits per heavy atom. The number of benzene rings is 1. The van der Waals surface area contributed by atoms with Crippen LogP contribution in [-0.2, 0) is 6.54 Å². The van der Waals surface area contributed by atoms with Crippen LogP contribution in [0.25, 0.3) is 10.9 Å². The summed E-state index contributed by atoms with van der Waals surface area (Å²) in [6.07, 6.45) is 2.91. The van der Waals surface area contributed by atoms with E-state index in [1.54, 1.807) is 0 Å². The van der Waals surface area contributed by atoms with E-state index in [4.69, 9.17) is 0 Å². The fraction of sp³-hybridized carbons (Fsp3) is 0.143. The molecular weight excluding hydrogens is 268 g/mol. The summed E-state index contributed by atoms with van der Waals surface area (Å²) in [5.74, 6) is 0.577. The molecule has 0 aliphatic carbocycles. The molecule has 104 valence electrons. The summed E-state index contributed by atoms with van der Waals surface area (Å²) in [5, 5.41) is 4.35. The Balaban J connectivity index is 1.95. The maximum Gasteiger partial charge on any atom is 0.298 e. The zero-order valence-corrected chi connectivity index (χ0v) is 11.1. The Kier molecular flexibility index (Phi) is 2.56. The van der Waals surface area contributed by atoms with Crippen molar-refractivity contribution in [2.45, 2.75) is 6.54 Å². The van der Waals surface area contributed by atoms with E-state index in [1.807, 2.05) is 28.8 Å². The molecule has 0 spiro atoms. The molecule has 1 aliphatic heterocycles. The van der Waals surface area contributed by atoms with Crippen LogP contribution in [0.15, 0.2) is 41.8 Å². The minimum Gasteiger partial charge on any atom is -0.369 e. The maximum atomic E-state index is 12.1. The lowest BCUT2D eigenvalue weighted by atomic mass is 10.2. The summed E-state index contributed by atoms with van der Waals surface area (Å²) >= 11 is 0. The van der Waals surface area contributed by atoms with Crippen LogP contribution in [0, 0.1) is 0 Å². The lowest BCUT2D eigenvalue weighted by Crippen LogP contribution is -2.24. The fourth-order valence-corrected chi connectivity index (χ4v) is 2.48. The number of nitrogens with one attached hydrogen (secondary N) is 2. The lowest BCUT2D eigenvalue weighted by Gasteiger charge is -2.07. The molecule has 7 nitrogen and oxygen atoms in total. The van der Waals surface area contributed by atoms with Gasteiger partial charge in [-0.15, -0.1) is 0 Å². The van der Waals surface area contributed by atoms with Crippen molar-refractivity contribution < 1.29 is 4.79 Å². The number of hydrogen-bond donors (Lipinski definition) is 2. The van der Waals surface area contributed by atoms with Crippen LogP contribution in [0.1, 0.15) is 10.5 Å². The van der Waals surface area contributed by atoms with Gasteiger partial charge in [0.25, 0.3) is 5.91 Å². The quantitative estimate of drug-likeness (QED) is 0.694. The number of H-pyrrole nitrogens is 1. The van der Waals surface area contributed by atoms with Crippen molar-refractivity contribution in [3.05, 3.63) is 48.1 Å². The lowest BCUT2D eigenvalue weighted by molar-refractivity contribution is 0.0992. The molecule has 3 aromatic rings. The maximum absolute atomic E-state index is 12.1. The molecule has 1 aromatic carbocycles. The van der Waals surface area contributed by atoms with E-state index in [9.17, 15) is 4.79 Å². The van der Waals surface area contributed by atoms with E-state index in [0.717, 1.165) is 29.8 Å². The van der Waals surface area contributed by atoms with Crippen molar-refractivity contribution in [1.29, 1.82) is 0 Å². The van der Waals surface area contributed by atoms with Crippen LogP contribution in [-0.4, -0.2) is 32.0 Å². The number of rotatable bonds is 1. The molecule has 0 radical (unpaired) electrons. The SMILES string of the molecule is O=C(N=c1nc2ccccc2c2n1CCN2)c1cnc[nH]1. The highest BCUT2D eigenvalue weighted by molar-refractivity contribution is 5.93. The molecule has 4 rings (SSSR count). The number of carbonyl (C=O) groups is 1. The highest BCUT2D eigenvalue weighted by atomic mass is 16.1. The van der Waals surface area contributed by atoms with Gasteiger partial charge in [0.05, 0.1) is 18.0 Å². The second kappa shape index (κ2) is 4.55. The van der Waals surface area contributed by atoms with E-state index in [0.29, 0.717) is 11.3 Å². The Morgan fingerprint density at radius 3 is 3.10 bits per heavy atom. The van der Waals surface area contributed by atoms with E-state index in [-0.39, 0.29) is 5.91 Å². The molecule has 7 heteroatoms. The first-order chi connectivity index (χ1) is 10.3. The summed E-state index contributed by atoms with van der Waals surface area (Å²) in [7, 11) is 0. The molecule has 0 unspecified atom stereocenters. The van der Waals surface area contributed by atoms with Gasteiger partial charge in [0.15, 0.2) is 0 Å². The van der Waals surface area contributed by atoms with Crippen LogP contribution in [0.2, 0.25) is 0 Å². The van der Waals surface area contributed by atoms with Crippen LogP contribution in [0.3, 0.4) is 0 Å². The van der Waals surface area contributed by atoms with Gasteiger partial charge in [0.1, 0.15) is 11.5 Å². The summed E-state index contributed by atoms with van der Waals surface area (Å²) in [6, 6.07) is 7.81. The van der Waals surface area contributed by atoms with E-state index in [1.165, 1.54) is 12.5 Å². The first kappa shape index (κ1) is 11.8. The number of carbonyl (C=O) groups excluding carboxylic acids is 1. The molecule has 2 N–H and O–H groups in total. The Hall–Kier alpha value is -2.96. The molecule has 0 bridgehead atoms. The molecule has 1 aliphatic rings. The van der Waals surface area contributed by atoms with E-state index in [2.05, 4.69) is 25.3 Å². The number of aromatic nitrogens is 4. The molecule has 3 heterocycles. The molecule has 0 saturated heterocycles. The largest absolute Gasteiger partial charge is 0.369 e. The summed E-state index contributed by atoms with van der Waals surface area (Å²) < 4.78 is 1.93. The van der Waals surface area contributed by atoms with E-state index >= 15 is 0 Å². The number of nitrogens with zero attached hydrogens (tertiary/aromatic N) is 4. The Morgan fingerprint density at radius 1 is 1.33 bits per heavy atom. The van der Waals surface area contributed by atoms with Crippen molar-refractivity contribution in [3.63, 3.8) is 0 Å². The first-order valence-electron chi connectivity index (χ1n) is 6.64. The number of amides is 1. The predicted octanol–water partition coefficient (Wildman–Crippen LogP) is 0.926.